The largest absolute Gasteiger partial charge is 0.369 e. The number of pyridine rings is 3. The van der Waals surface area contributed by atoms with Gasteiger partial charge in [-0.15, -0.1) is 0 Å². The third-order valence-corrected chi connectivity index (χ3v) is 9.71. The van der Waals surface area contributed by atoms with Gasteiger partial charge >= 0.3 is 0 Å². The number of hydrogen-bond acceptors (Lipinski definition) is 6. The Labute approximate surface area is 259 Å². The average molecular weight is 595 g/mol. The Morgan fingerprint density at radius 1 is 0.886 bits per heavy atom. The molecular weight excluding hydrogens is 551 g/mol. The number of anilines is 2. The fourth-order valence-electron chi connectivity index (χ4n) is 7.16. The Kier molecular flexibility index (Phi) is 8.10. The van der Waals surface area contributed by atoms with Gasteiger partial charge in [-0.05, 0) is 101 Å². The van der Waals surface area contributed by atoms with Crippen LogP contribution in [0.3, 0.4) is 0 Å². The molecule has 5 heterocycles. The van der Waals surface area contributed by atoms with Gasteiger partial charge in [0.15, 0.2) is 5.43 Å². The number of rotatable bonds is 8. The lowest BCUT2D eigenvalue weighted by Crippen LogP contribution is -2.48. The van der Waals surface area contributed by atoms with Gasteiger partial charge in [-0.1, -0.05) is 0 Å². The summed E-state index contributed by atoms with van der Waals surface area (Å²) in [4.78, 5) is 30.2. The molecule has 4 aromatic rings. The van der Waals surface area contributed by atoms with Crippen molar-refractivity contribution in [1.82, 2.24) is 19.4 Å². The minimum absolute atomic E-state index is 0.0488. The number of aryl methyl sites for hydroxylation is 2. The van der Waals surface area contributed by atoms with Crippen LogP contribution in [0.4, 0.5) is 15.8 Å². The van der Waals surface area contributed by atoms with Gasteiger partial charge in [0.05, 0.1) is 23.1 Å². The van der Waals surface area contributed by atoms with E-state index in [9.17, 15) is 4.79 Å². The van der Waals surface area contributed by atoms with Gasteiger partial charge in [0.2, 0.25) is 0 Å². The van der Waals surface area contributed by atoms with Crippen molar-refractivity contribution in [3.8, 4) is 0 Å². The topological polar surface area (TPSA) is 57.5 Å². The van der Waals surface area contributed by atoms with E-state index in [1.54, 1.807) is 0 Å². The first kappa shape index (κ1) is 29.0. The summed E-state index contributed by atoms with van der Waals surface area (Å²) in [6.45, 7) is 8.87. The molecule has 0 amide bonds. The summed E-state index contributed by atoms with van der Waals surface area (Å²) < 4.78 is 17.9. The molecule has 44 heavy (non-hydrogen) atoms. The third kappa shape index (κ3) is 6.09. The van der Waals surface area contributed by atoms with Crippen molar-refractivity contribution in [2.45, 2.75) is 84.0 Å². The van der Waals surface area contributed by atoms with E-state index in [0.717, 1.165) is 99.4 Å². The maximum Gasteiger partial charge on any atom is 0.193 e. The summed E-state index contributed by atoms with van der Waals surface area (Å²) in [7, 11) is 0. The minimum atomic E-state index is -0.283. The molecule has 0 spiro atoms. The third-order valence-electron chi connectivity index (χ3n) is 9.71. The Balaban J connectivity index is 1.25. The summed E-state index contributed by atoms with van der Waals surface area (Å²) >= 11 is 0. The number of aromatic nitrogens is 3. The van der Waals surface area contributed by atoms with Crippen LogP contribution in [-0.2, 0) is 13.1 Å². The van der Waals surface area contributed by atoms with E-state index in [0.29, 0.717) is 23.7 Å². The summed E-state index contributed by atoms with van der Waals surface area (Å²) in [6, 6.07) is 12.5. The predicted octanol–water partition coefficient (Wildman–Crippen LogP) is 6.54. The van der Waals surface area contributed by atoms with Crippen LogP contribution in [0.25, 0.3) is 10.9 Å². The van der Waals surface area contributed by atoms with E-state index in [2.05, 4.69) is 59.7 Å². The zero-order chi connectivity index (χ0) is 30.2. The molecule has 1 atom stereocenters. The quantitative estimate of drug-likeness (QED) is 0.231. The van der Waals surface area contributed by atoms with E-state index >= 15 is 4.39 Å². The molecule has 1 aromatic carbocycles. The highest BCUT2D eigenvalue weighted by Gasteiger charge is 2.30. The maximum atomic E-state index is 15.7. The van der Waals surface area contributed by atoms with Gasteiger partial charge in [0.1, 0.15) is 5.82 Å². The number of fused-ring (bicyclic) bond motifs is 1. The highest BCUT2D eigenvalue weighted by molar-refractivity contribution is 5.84. The van der Waals surface area contributed by atoms with Crippen LogP contribution in [0, 0.1) is 19.7 Å². The van der Waals surface area contributed by atoms with Crippen LogP contribution in [-0.4, -0.2) is 51.7 Å². The lowest BCUT2D eigenvalue weighted by atomic mass is 10.0. The number of benzene rings is 1. The molecule has 2 saturated heterocycles. The SMILES string of the molecule is Cc1ccc(N2CCC[C@H](N(Cc3ccnc(C)c3)Cc3cn(C4CC4)c4cc(N5CCCCC5)c(F)cc4c3=O)C2)cn1. The summed E-state index contributed by atoms with van der Waals surface area (Å²) in [5.41, 5.74) is 6.53. The summed E-state index contributed by atoms with van der Waals surface area (Å²) in [5.74, 6) is -0.283. The van der Waals surface area contributed by atoms with Crippen LogP contribution in [0.5, 0.6) is 0 Å². The van der Waals surface area contributed by atoms with Gasteiger partial charge in [0, 0.05) is 86.1 Å². The molecule has 0 radical (unpaired) electrons. The molecule has 1 aliphatic carbocycles. The smallest absolute Gasteiger partial charge is 0.193 e. The molecule has 8 heteroatoms. The van der Waals surface area contributed by atoms with Gasteiger partial charge in [-0.3, -0.25) is 19.7 Å². The molecule has 0 unspecified atom stereocenters. The standard InChI is InChI=1S/C36H43FN6O/c1-25-8-9-30(20-39-25)41-16-6-7-31(24-41)42(21-27-12-13-38-26(2)17-27)22-28-23-43(29-10-11-29)34-19-35(40-14-4-3-5-15-40)33(37)18-32(34)36(28)44/h8-9,12-13,17-20,23,29,31H,3-7,10-11,14-16,21-22,24H2,1-2H3/t31-/m0/s1. The molecule has 0 N–H and O–H groups in total. The Hall–Kier alpha value is -3.78. The lowest BCUT2D eigenvalue weighted by molar-refractivity contribution is 0.158. The average Bonchev–Trinajstić information content (AvgIpc) is 3.88. The fourth-order valence-corrected chi connectivity index (χ4v) is 7.16. The maximum absolute atomic E-state index is 15.7. The van der Waals surface area contributed by atoms with Crippen LogP contribution >= 0.6 is 0 Å². The molecule has 230 valence electrons. The normalized spacial score (nSPS) is 19.2. The molecule has 2 aliphatic heterocycles. The zero-order valence-corrected chi connectivity index (χ0v) is 26.0. The fraction of sp³-hybridized carbons (Fsp3) is 0.472. The van der Waals surface area contributed by atoms with Crippen molar-refractivity contribution in [1.29, 1.82) is 0 Å². The van der Waals surface area contributed by atoms with E-state index in [1.807, 2.05) is 32.3 Å². The Morgan fingerprint density at radius 2 is 1.70 bits per heavy atom. The van der Waals surface area contributed by atoms with E-state index in [1.165, 1.54) is 18.1 Å². The first-order valence-electron chi connectivity index (χ1n) is 16.4. The molecular formula is C36H43FN6O. The van der Waals surface area contributed by atoms with Crippen molar-refractivity contribution in [3.05, 3.63) is 93.5 Å². The molecule has 0 bridgehead atoms. The molecule has 3 fully saturated rings. The van der Waals surface area contributed by atoms with Gasteiger partial charge in [-0.2, -0.15) is 0 Å². The van der Waals surface area contributed by atoms with Crippen LogP contribution in [0.2, 0.25) is 0 Å². The highest BCUT2D eigenvalue weighted by atomic mass is 19.1. The van der Waals surface area contributed by atoms with E-state index in [4.69, 9.17) is 0 Å². The zero-order valence-electron chi connectivity index (χ0n) is 26.0. The second kappa shape index (κ2) is 12.3. The first-order chi connectivity index (χ1) is 21.4. The second-order valence-electron chi connectivity index (χ2n) is 13.1. The lowest BCUT2D eigenvalue weighted by Gasteiger charge is -2.40. The monoisotopic (exact) mass is 594 g/mol. The summed E-state index contributed by atoms with van der Waals surface area (Å²) in [6.07, 6.45) is 13.6. The van der Waals surface area contributed by atoms with Crippen molar-refractivity contribution in [3.63, 3.8) is 0 Å². The van der Waals surface area contributed by atoms with Gasteiger partial charge in [0.25, 0.3) is 0 Å². The number of piperidine rings is 2. The number of hydrogen-bond donors (Lipinski definition) is 0. The molecule has 1 saturated carbocycles. The van der Waals surface area contributed by atoms with Crippen LogP contribution in [0.1, 0.15) is 73.5 Å². The highest BCUT2D eigenvalue weighted by Crippen LogP contribution is 2.38. The van der Waals surface area contributed by atoms with Crippen molar-refractivity contribution in [2.75, 3.05) is 36.0 Å². The second-order valence-corrected chi connectivity index (χ2v) is 13.1. The van der Waals surface area contributed by atoms with E-state index in [-0.39, 0.29) is 17.3 Å². The van der Waals surface area contributed by atoms with Gasteiger partial charge < -0.3 is 14.4 Å². The predicted molar refractivity (Wildman–Crippen MR) is 175 cm³/mol. The van der Waals surface area contributed by atoms with Crippen LogP contribution in [0.15, 0.2) is 59.8 Å². The van der Waals surface area contributed by atoms with Crippen molar-refractivity contribution in [2.24, 2.45) is 0 Å². The van der Waals surface area contributed by atoms with Crippen molar-refractivity contribution < 1.29 is 4.39 Å². The number of nitrogens with zero attached hydrogens (tertiary/aromatic N) is 6. The summed E-state index contributed by atoms with van der Waals surface area (Å²) in [5, 5.41) is 0.503. The minimum Gasteiger partial charge on any atom is -0.369 e. The molecule has 3 aromatic heterocycles. The van der Waals surface area contributed by atoms with Crippen LogP contribution < -0.4 is 15.2 Å². The van der Waals surface area contributed by atoms with Crippen molar-refractivity contribution >= 4 is 22.3 Å². The van der Waals surface area contributed by atoms with Gasteiger partial charge in [-0.25, -0.2) is 4.39 Å². The Bertz CT molecular complexity index is 1690. The first-order valence-corrected chi connectivity index (χ1v) is 16.4. The molecule has 3 aliphatic rings. The Morgan fingerprint density at radius 3 is 2.45 bits per heavy atom. The molecule has 7 nitrogen and oxygen atoms in total. The number of halogens is 1. The van der Waals surface area contributed by atoms with E-state index < -0.39 is 0 Å². The molecule has 7 rings (SSSR count).